The molecule has 0 spiro atoms. The fraction of sp³-hybridized carbons (Fsp3) is 0.643. The molecule has 0 saturated heterocycles. The zero-order valence-electron chi connectivity index (χ0n) is 12.2. The number of aromatic nitrogens is 2. The Morgan fingerprint density at radius 3 is 2.50 bits per heavy atom. The number of nitrogens with two attached hydrogens (primary N) is 1. The van der Waals surface area contributed by atoms with Crippen LogP contribution in [0.3, 0.4) is 0 Å². The van der Waals surface area contributed by atoms with Crippen molar-refractivity contribution in [3.8, 4) is 0 Å². The van der Waals surface area contributed by atoms with Crippen LogP contribution in [0.2, 0.25) is 0 Å². The van der Waals surface area contributed by atoms with Gasteiger partial charge >= 0.3 is 0 Å². The third kappa shape index (κ3) is 3.82. The standard InChI is InChI=1S/C14H23N5O/c1-3-16-12-9(2)13(17-8-4-5-11(15)20)19-14(18-12)10-6-7-10/h10H,3-8H2,1-2H3,(H2,15,20)(H2,16,17,18,19). The van der Waals surface area contributed by atoms with Gasteiger partial charge in [-0.2, -0.15) is 0 Å². The summed E-state index contributed by atoms with van der Waals surface area (Å²) in [5.74, 6) is 2.94. The molecule has 1 aliphatic carbocycles. The van der Waals surface area contributed by atoms with Gasteiger partial charge in [0.15, 0.2) is 0 Å². The lowest BCUT2D eigenvalue weighted by Crippen LogP contribution is -2.15. The minimum Gasteiger partial charge on any atom is -0.370 e. The monoisotopic (exact) mass is 277 g/mol. The van der Waals surface area contributed by atoms with Crippen LogP contribution in [0.5, 0.6) is 0 Å². The summed E-state index contributed by atoms with van der Waals surface area (Å²) in [5, 5.41) is 6.57. The van der Waals surface area contributed by atoms with E-state index in [0.717, 1.165) is 29.6 Å². The van der Waals surface area contributed by atoms with Crippen LogP contribution in [0.15, 0.2) is 0 Å². The summed E-state index contributed by atoms with van der Waals surface area (Å²) in [5.41, 5.74) is 6.16. The maximum absolute atomic E-state index is 10.7. The molecule has 110 valence electrons. The first-order valence-electron chi connectivity index (χ1n) is 7.26. The van der Waals surface area contributed by atoms with E-state index in [4.69, 9.17) is 5.73 Å². The van der Waals surface area contributed by atoms with Crippen molar-refractivity contribution in [2.75, 3.05) is 23.7 Å². The van der Waals surface area contributed by atoms with Crippen LogP contribution < -0.4 is 16.4 Å². The Kier molecular flexibility index (Phi) is 4.76. The van der Waals surface area contributed by atoms with E-state index in [0.29, 0.717) is 25.3 Å². The third-order valence-corrected chi connectivity index (χ3v) is 3.34. The number of carbonyl (C=O) groups is 1. The Hall–Kier alpha value is -1.85. The summed E-state index contributed by atoms with van der Waals surface area (Å²) in [6, 6.07) is 0. The Bertz CT molecular complexity index is 485. The maximum Gasteiger partial charge on any atom is 0.217 e. The molecule has 1 saturated carbocycles. The molecule has 1 aliphatic rings. The van der Waals surface area contributed by atoms with Crippen LogP contribution in [0, 0.1) is 6.92 Å². The first kappa shape index (κ1) is 14.6. The second-order valence-corrected chi connectivity index (χ2v) is 5.21. The summed E-state index contributed by atoms with van der Waals surface area (Å²) in [7, 11) is 0. The highest BCUT2D eigenvalue weighted by Gasteiger charge is 2.28. The number of anilines is 2. The number of hydrogen-bond acceptors (Lipinski definition) is 5. The summed E-state index contributed by atoms with van der Waals surface area (Å²) in [6.45, 7) is 5.59. The molecule has 6 nitrogen and oxygen atoms in total. The van der Waals surface area contributed by atoms with Crippen LogP contribution in [0.25, 0.3) is 0 Å². The first-order valence-corrected chi connectivity index (χ1v) is 7.26. The average molecular weight is 277 g/mol. The molecule has 2 rings (SSSR count). The van der Waals surface area contributed by atoms with Gasteiger partial charge in [0.25, 0.3) is 0 Å². The molecule has 20 heavy (non-hydrogen) atoms. The molecule has 0 atom stereocenters. The molecule has 0 bridgehead atoms. The van der Waals surface area contributed by atoms with Crippen molar-refractivity contribution in [1.29, 1.82) is 0 Å². The van der Waals surface area contributed by atoms with Gasteiger partial charge in [0.1, 0.15) is 17.5 Å². The smallest absolute Gasteiger partial charge is 0.217 e. The number of primary amides is 1. The second kappa shape index (κ2) is 6.54. The summed E-state index contributed by atoms with van der Waals surface area (Å²) in [6.07, 6.45) is 3.46. The third-order valence-electron chi connectivity index (χ3n) is 3.34. The van der Waals surface area contributed by atoms with E-state index in [1.165, 1.54) is 12.8 Å². The molecule has 4 N–H and O–H groups in total. The normalized spacial score (nSPS) is 14.1. The fourth-order valence-electron chi connectivity index (χ4n) is 2.04. The summed E-state index contributed by atoms with van der Waals surface area (Å²) in [4.78, 5) is 19.9. The average Bonchev–Trinajstić information content (AvgIpc) is 3.22. The van der Waals surface area contributed by atoms with E-state index >= 15 is 0 Å². The topological polar surface area (TPSA) is 92.9 Å². The molecule has 1 heterocycles. The lowest BCUT2D eigenvalue weighted by molar-refractivity contribution is -0.118. The van der Waals surface area contributed by atoms with Crippen molar-refractivity contribution in [2.45, 2.75) is 45.4 Å². The minimum atomic E-state index is -0.266. The number of amides is 1. The van der Waals surface area contributed by atoms with Gasteiger partial charge in [-0.05, 0) is 33.1 Å². The molecule has 0 aliphatic heterocycles. The molecular weight excluding hydrogens is 254 g/mol. The van der Waals surface area contributed by atoms with E-state index in [-0.39, 0.29) is 5.91 Å². The maximum atomic E-state index is 10.7. The van der Waals surface area contributed by atoms with Gasteiger partial charge in [-0.1, -0.05) is 0 Å². The van der Waals surface area contributed by atoms with Crippen molar-refractivity contribution < 1.29 is 4.79 Å². The Balaban J connectivity index is 2.06. The lowest BCUT2D eigenvalue weighted by Gasteiger charge is -2.14. The van der Waals surface area contributed by atoms with Gasteiger partial charge < -0.3 is 16.4 Å². The highest BCUT2D eigenvalue weighted by molar-refractivity contribution is 5.73. The van der Waals surface area contributed by atoms with Crippen LogP contribution in [0.4, 0.5) is 11.6 Å². The van der Waals surface area contributed by atoms with E-state index in [2.05, 4.69) is 27.5 Å². The predicted molar refractivity (Wildman–Crippen MR) is 79.8 cm³/mol. The van der Waals surface area contributed by atoms with E-state index in [1.54, 1.807) is 0 Å². The number of nitrogens with one attached hydrogen (secondary N) is 2. The van der Waals surface area contributed by atoms with Crippen LogP contribution in [-0.2, 0) is 4.79 Å². The quantitative estimate of drug-likeness (QED) is 0.630. The molecule has 1 fully saturated rings. The number of rotatable bonds is 8. The van der Waals surface area contributed by atoms with Crippen molar-refractivity contribution in [2.24, 2.45) is 5.73 Å². The number of hydrogen-bond donors (Lipinski definition) is 3. The van der Waals surface area contributed by atoms with Gasteiger partial charge in [0.05, 0.1) is 0 Å². The van der Waals surface area contributed by atoms with Crippen LogP contribution in [-0.4, -0.2) is 29.0 Å². The van der Waals surface area contributed by atoms with Gasteiger partial charge in [0.2, 0.25) is 5.91 Å². The molecular formula is C14H23N5O. The van der Waals surface area contributed by atoms with Crippen molar-refractivity contribution >= 4 is 17.5 Å². The summed E-state index contributed by atoms with van der Waals surface area (Å²) >= 11 is 0. The largest absolute Gasteiger partial charge is 0.370 e. The molecule has 0 aromatic carbocycles. The van der Waals surface area contributed by atoms with Gasteiger partial charge in [-0.15, -0.1) is 0 Å². The van der Waals surface area contributed by atoms with E-state index < -0.39 is 0 Å². The Morgan fingerprint density at radius 1 is 1.30 bits per heavy atom. The minimum absolute atomic E-state index is 0.266. The zero-order valence-corrected chi connectivity index (χ0v) is 12.2. The lowest BCUT2D eigenvalue weighted by atomic mass is 10.2. The van der Waals surface area contributed by atoms with Crippen molar-refractivity contribution in [3.05, 3.63) is 11.4 Å². The Labute approximate surface area is 119 Å². The summed E-state index contributed by atoms with van der Waals surface area (Å²) < 4.78 is 0. The van der Waals surface area contributed by atoms with Gasteiger partial charge in [-0.25, -0.2) is 9.97 Å². The molecule has 1 aromatic heterocycles. The number of nitrogens with zero attached hydrogens (tertiary/aromatic N) is 2. The zero-order chi connectivity index (χ0) is 14.5. The molecule has 6 heteroatoms. The molecule has 0 radical (unpaired) electrons. The second-order valence-electron chi connectivity index (χ2n) is 5.21. The first-order chi connectivity index (χ1) is 9.61. The van der Waals surface area contributed by atoms with E-state index in [9.17, 15) is 4.79 Å². The number of carbonyl (C=O) groups excluding carboxylic acids is 1. The predicted octanol–water partition coefficient (Wildman–Crippen LogP) is 1.77. The van der Waals surface area contributed by atoms with Gasteiger partial charge in [0, 0.05) is 31.0 Å². The Morgan fingerprint density at radius 2 is 1.95 bits per heavy atom. The molecule has 1 aromatic rings. The SMILES string of the molecule is CCNc1nc(C2CC2)nc(NCCCC(N)=O)c1C. The highest BCUT2D eigenvalue weighted by Crippen LogP contribution is 2.39. The highest BCUT2D eigenvalue weighted by atomic mass is 16.1. The molecule has 0 unspecified atom stereocenters. The van der Waals surface area contributed by atoms with Crippen molar-refractivity contribution in [3.63, 3.8) is 0 Å². The molecule has 1 amide bonds. The van der Waals surface area contributed by atoms with Crippen molar-refractivity contribution in [1.82, 2.24) is 9.97 Å². The van der Waals surface area contributed by atoms with Gasteiger partial charge in [-0.3, -0.25) is 4.79 Å². The van der Waals surface area contributed by atoms with Crippen LogP contribution in [0.1, 0.15) is 49.9 Å². The fourth-order valence-corrected chi connectivity index (χ4v) is 2.04. The van der Waals surface area contributed by atoms with Crippen LogP contribution >= 0.6 is 0 Å². The van der Waals surface area contributed by atoms with E-state index in [1.807, 2.05) is 6.92 Å².